The smallest absolute Gasteiger partial charge is 0.287 e. The quantitative estimate of drug-likeness (QED) is 0.577. The average Bonchev–Trinajstić information content (AvgIpc) is 3.06. The summed E-state index contributed by atoms with van der Waals surface area (Å²) in [6.07, 6.45) is 2.33. The van der Waals surface area contributed by atoms with E-state index in [-0.39, 0.29) is 17.5 Å². The van der Waals surface area contributed by atoms with E-state index in [1.165, 1.54) is 4.68 Å². The molecule has 0 aliphatic heterocycles. The van der Waals surface area contributed by atoms with E-state index in [0.717, 1.165) is 16.3 Å². The van der Waals surface area contributed by atoms with Crippen LogP contribution in [0, 0.1) is 6.92 Å². The molecule has 0 spiro atoms. The Hall–Kier alpha value is -3.41. The van der Waals surface area contributed by atoms with E-state index in [9.17, 15) is 9.59 Å². The van der Waals surface area contributed by atoms with Crippen molar-refractivity contribution in [3.05, 3.63) is 76.4 Å². The SMILES string of the molecule is CC[C@H](Cn1ncc2ccccc2c1=O)NC(=O)c1oc2ccccc2c1C. The van der Waals surface area contributed by atoms with E-state index in [0.29, 0.717) is 29.7 Å². The summed E-state index contributed by atoms with van der Waals surface area (Å²) < 4.78 is 7.15. The Kier molecular flexibility index (Phi) is 4.69. The molecule has 2 aromatic carbocycles. The minimum absolute atomic E-state index is 0.161. The molecule has 1 N–H and O–H groups in total. The molecule has 0 bridgehead atoms. The van der Waals surface area contributed by atoms with Crippen molar-refractivity contribution in [3.63, 3.8) is 0 Å². The van der Waals surface area contributed by atoms with Crippen molar-refractivity contribution in [2.24, 2.45) is 0 Å². The van der Waals surface area contributed by atoms with Gasteiger partial charge in [0.2, 0.25) is 0 Å². The molecule has 0 radical (unpaired) electrons. The Bertz CT molecular complexity index is 1220. The standard InChI is InChI=1S/C22H21N3O3/c1-3-16(13-25-22(27)18-10-5-4-8-15(18)12-23-25)24-21(26)20-14(2)17-9-6-7-11-19(17)28-20/h4-12,16H,3,13H2,1-2H3,(H,24,26)/t16-/m1/s1. The fraction of sp³-hybridized carbons (Fsp3) is 0.227. The van der Waals surface area contributed by atoms with Crippen LogP contribution in [0.1, 0.15) is 29.5 Å². The van der Waals surface area contributed by atoms with Crippen molar-refractivity contribution >= 4 is 27.6 Å². The zero-order chi connectivity index (χ0) is 19.7. The third-order valence-corrected chi connectivity index (χ3v) is 5.03. The van der Waals surface area contributed by atoms with Gasteiger partial charge in [-0.05, 0) is 25.5 Å². The summed E-state index contributed by atoms with van der Waals surface area (Å²) in [7, 11) is 0. The fourth-order valence-electron chi connectivity index (χ4n) is 3.39. The molecule has 0 saturated carbocycles. The molecular weight excluding hydrogens is 354 g/mol. The summed E-state index contributed by atoms with van der Waals surface area (Å²) in [6, 6.07) is 14.7. The second kappa shape index (κ2) is 7.31. The molecule has 0 aliphatic rings. The Balaban J connectivity index is 1.58. The fourth-order valence-corrected chi connectivity index (χ4v) is 3.39. The first-order valence-corrected chi connectivity index (χ1v) is 9.32. The lowest BCUT2D eigenvalue weighted by atomic mass is 10.1. The number of nitrogens with zero attached hydrogens (tertiary/aromatic N) is 2. The zero-order valence-corrected chi connectivity index (χ0v) is 15.8. The van der Waals surface area contributed by atoms with Crippen LogP contribution in [0.3, 0.4) is 0 Å². The second-order valence-corrected chi connectivity index (χ2v) is 6.85. The number of fused-ring (bicyclic) bond motifs is 2. The van der Waals surface area contributed by atoms with Crippen LogP contribution in [0.2, 0.25) is 0 Å². The van der Waals surface area contributed by atoms with Gasteiger partial charge in [-0.2, -0.15) is 5.10 Å². The highest BCUT2D eigenvalue weighted by Gasteiger charge is 2.20. The molecule has 4 rings (SSSR count). The number of amides is 1. The topological polar surface area (TPSA) is 77.1 Å². The van der Waals surface area contributed by atoms with Crippen LogP contribution in [0.4, 0.5) is 0 Å². The van der Waals surface area contributed by atoms with Gasteiger partial charge in [0.05, 0.1) is 18.1 Å². The van der Waals surface area contributed by atoms with Gasteiger partial charge < -0.3 is 9.73 Å². The van der Waals surface area contributed by atoms with Gasteiger partial charge in [-0.15, -0.1) is 0 Å². The monoisotopic (exact) mass is 375 g/mol. The van der Waals surface area contributed by atoms with Crippen molar-refractivity contribution in [2.45, 2.75) is 32.9 Å². The minimum atomic E-state index is -0.283. The molecule has 28 heavy (non-hydrogen) atoms. The first-order valence-electron chi connectivity index (χ1n) is 9.32. The van der Waals surface area contributed by atoms with E-state index in [2.05, 4.69) is 10.4 Å². The maximum absolute atomic E-state index is 12.8. The van der Waals surface area contributed by atoms with Crippen LogP contribution < -0.4 is 10.9 Å². The van der Waals surface area contributed by atoms with Crippen LogP contribution in [0.5, 0.6) is 0 Å². The third-order valence-electron chi connectivity index (χ3n) is 5.03. The molecule has 1 amide bonds. The van der Waals surface area contributed by atoms with Gasteiger partial charge in [-0.3, -0.25) is 9.59 Å². The molecule has 0 saturated heterocycles. The lowest BCUT2D eigenvalue weighted by Gasteiger charge is -2.17. The highest BCUT2D eigenvalue weighted by atomic mass is 16.3. The van der Waals surface area contributed by atoms with Gasteiger partial charge in [0.1, 0.15) is 5.58 Å². The number of furan rings is 1. The summed E-state index contributed by atoms with van der Waals surface area (Å²) in [5, 5.41) is 9.58. The molecule has 4 aromatic rings. The lowest BCUT2D eigenvalue weighted by Crippen LogP contribution is -2.40. The molecular formula is C22H21N3O3. The Morgan fingerprint density at radius 2 is 1.86 bits per heavy atom. The van der Waals surface area contributed by atoms with E-state index < -0.39 is 0 Å². The first kappa shape index (κ1) is 18.0. The van der Waals surface area contributed by atoms with Crippen LogP contribution in [0.25, 0.3) is 21.7 Å². The first-order chi connectivity index (χ1) is 13.6. The average molecular weight is 375 g/mol. The predicted octanol–water partition coefficient (Wildman–Crippen LogP) is 3.66. The van der Waals surface area contributed by atoms with Crippen molar-refractivity contribution in [3.8, 4) is 0 Å². The van der Waals surface area contributed by atoms with E-state index in [1.807, 2.05) is 56.3 Å². The Labute approximate surface area is 161 Å². The number of benzene rings is 2. The van der Waals surface area contributed by atoms with Gasteiger partial charge >= 0.3 is 0 Å². The van der Waals surface area contributed by atoms with E-state index in [1.54, 1.807) is 12.3 Å². The number of hydrogen-bond acceptors (Lipinski definition) is 4. The molecule has 0 fully saturated rings. The Morgan fingerprint density at radius 3 is 2.61 bits per heavy atom. The molecule has 2 aromatic heterocycles. The molecule has 6 nitrogen and oxygen atoms in total. The lowest BCUT2D eigenvalue weighted by molar-refractivity contribution is 0.0904. The van der Waals surface area contributed by atoms with Crippen molar-refractivity contribution in [1.82, 2.24) is 15.1 Å². The number of nitrogens with one attached hydrogen (secondary N) is 1. The van der Waals surface area contributed by atoms with Gasteiger partial charge in [0.15, 0.2) is 5.76 Å². The van der Waals surface area contributed by atoms with Crippen molar-refractivity contribution in [2.75, 3.05) is 0 Å². The van der Waals surface area contributed by atoms with Gasteiger partial charge in [0, 0.05) is 22.4 Å². The van der Waals surface area contributed by atoms with Crippen molar-refractivity contribution < 1.29 is 9.21 Å². The number of rotatable bonds is 5. The number of aromatic nitrogens is 2. The van der Waals surface area contributed by atoms with Crippen LogP contribution in [0.15, 0.2) is 63.9 Å². The summed E-state index contributed by atoms with van der Waals surface area (Å²) in [5.41, 5.74) is 1.33. The maximum Gasteiger partial charge on any atom is 0.287 e. The Morgan fingerprint density at radius 1 is 1.14 bits per heavy atom. The zero-order valence-electron chi connectivity index (χ0n) is 15.8. The van der Waals surface area contributed by atoms with Gasteiger partial charge in [-0.25, -0.2) is 4.68 Å². The normalized spacial score (nSPS) is 12.4. The molecule has 0 aliphatic carbocycles. The highest BCUT2D eigenvalue weighted by Crippen LogP contribution is 2.24. The number of carbonyl (C=O) groups is 1. The largest absolute Gasteiger partial charge is 0.451 e. The minimum Gasteiger partial charge on any atom is -0.451 e. The van der Waals surface area contributed by atoms with E-state index in [4.69, 9.17) is 4.42 Å². The molecule has 6 heteroatoms. The highest BCUT2D eigenvalue weighted by molar-refractivity contribution is 5.99. The molecule has 1 atom stereocenters. The summed E-state index contributed by atoms with van der Waals surface area (Å²) in [4.78, 5) is 25.5. The molecule has 0 unspecified atom stereocenters. The molecule has 142 valence electrons. The summed E-state index contributed by atoms with van der Waals surface area (Å²) in [6.45, 7) is 4.13. The summed E-state index contributed by atoms with van der Waals surface area (Å²) >= 11 is 0. The second-order valence-electron chi connectivity index (χ2n) is 6.85. The number of carbonyl (C=O) groups excluding carboxylic acids is 1. The summed E-state index contributed by atoms with van der Waals surface area (Å²) in [5.74, 6) is 0.0212. The number of para-hydroxylation sites is 1. The van der Waals surface area contributed by atoms with Gasteiger partial charge in [-0.1, -0.05) is 43.3 Å². The number of hydrogen-bond donors (Lipinski definition) is 1. The van der Waals surface area contributed by atoms with Crippen molar-refractivity contribution in [1.29, 1.82) is 0 Å². The van der Waals surface area contributed by atoms with Gasteiger partial charge in [0.25, 0.3) is 11.5 Å². The third kappa shape index (κ3) is 3.17. The van der Waals surface area contributed by atoms with Crippen LogP contribution in [-0.4, -0.2) is 21.7 Å². The predicted molar refractivity (Wildman–Crippen MR) is 108 cm³/mol. The van der Waals surface area contributed by atoms with E-state index >= 15 is 0 Å². The van der Waals surface area contributed by atoms with Crippen LogP contribution >= 0.6 is 0 Å². The number of aryl methyl sites for hydroxylation is 1. The maximum atomic E-state index is 12.8. The van der Waals surface area contributed by atoms with Crippen LogP contribution in [-0.2, 0) is 6.54 Å². The molecule has 2 heterocycles.